The fourth-order valence-electron chi connectivity index (χ4n) is 2.49. The number of rotatable bonds is 7. The molecule has 0 radical (unpaired) electrons. The van der Waals surface area contributed by atoms with Crippen molar-refractivity contribution in [2.75, 3.05) is 33.4 Å². The molecule has 1 amide bonds. The molecule has 2 N–H and O–H groups in total. The molecule has 100 valence electrons. The van der Waals surface area contributed by atoms with Gasteiger partial charge in [0.05, 0.1) is 6.61 Å². The summed E-state index contributed by atoms with van der Waals surface area (Å²) >= 11 is 0. The van der Waals surface area contributed by atoms with Crippen molar-refractivity contribution >= 4 is 5.91 Å². The summed E-state index contributed by atoms with van der Waals surface area (Å²) in [6, 6.07) is 0. The zero-order valence-electron chi connectivity index (χ0n) is 11.0. The summed E-state index contributed by atoms with van der Waals surface area (Å²) in [7, 11) is 1.66. The second kappa shape index (κ2) is 8.48. The molecule has 0 atom stereocenters. The highest BCUT2D eigenvalue weighted by Crippen LogP contribution is 2.26. The van der Waals surface area contributed by atoms with Gasteiger partial charge >= 0.3 is 0 Å². The summed E-state index contributed by atoms with van der Waals surface area (Å²) < 4.78 is 5.02. The number of carbonyl (C=O) groups excluding carboxylic acids is 1. The lowest BCUT2D eigenvalue weighted by Gasteiger charge is -2.26. The minimum atomic E-state index is 0.249. The van der Waals surface area contributed by atoms with Crippen LogP contribution in [0.15, 0.2) is 0 Å². The van der Waals surface area contributed by atoms with Gasteiger partial charge in [0, 0.05) is 33.2 Å². The molecular weight excluding hydrogens is 216 g/mol. The minimum Gasteiger partial charge on any atom is -0.383 e. The van der Waals surface area contributed by atoms with E-state index in [1.54, 1.807) is 7.11 Å². The SMILES string of the molecule is COCCN(CCN)C(=O)CC1CCCCC1. The molecule has 17 heavy (non-hydrogen) atoms. The summed E-state index contributed by atoms with van der Waals surface area (Å²) in [5.74, 6) is 0.846. The Bertz CT molecular complexity index is 215. The summed E-state index contributed by atoms with van der Waals surface area (Å²) in [4.78, 5) is 14.0. The minimum absolute atomic E-state index is 0.249. The van der Waals surface area contributed by atoms with Gasteiger partial charge in [-0.25, -0.2) is 0 Å². The second-order valence-corrected chi connectivity index (χ2v) is 4.87. The molecule has 1 aliphatic carbocycles. The Morgan fingerprint density at radius 1 is 1.29 bits per heavy atom. The van der Waals surface area contributed by atoms with Crippen molar-refractivity contribution in [3.05, 3.63) is 0 Å². The smallest absolute Gasteiger partial charge is 0.222 e. The number of hydrogen-bond acceptors (Lipinski definition) is 3. The Morgan fingerprint density at radius 2 is 2.00 bits per heavy atom. The van der Waals surface area contributed by atoms with E-state index in [0.29, 0.717) is 38.6 Å². The quantitative estimate of drug-likeness (QED) is 0.734. The molecule has 0 aromatic carbocycles. The molecular formula is C13H26N2O2. The lowest BCUT2D eigenvalue weighted by atomic mass is 9.86. The van der Waals surface area contributed by atoms with Crippen LogP contribution in [0.1, 0.15) is 38.5 Å². The first-order chi connectivity index (χ1) is 8.27. The largest absolute Gasteiger partial charge is 0.383 e. The van der Waals surface area contributed by atoms with Gasteiger partial charge in [-0.1, -0.05) is 19.3 Å². The van der Waals surface area contributed by atoms with Crippen LogP contribution in [0.3, 0.4) is 0 Å². The summed E-state index contributed by atoms with van der Waals surface area (Å²) in [5, 5.41) is 0. The van der Waals surface area contributed by atoms with Crippen molar-refractivity contribution in [1.29, 1.82) is 0 Å². The molecule has 0 aliphatic heterocycles. The van der Waals surface area contributed by atoms with Crippen LogP contribution >= 0.6 is 0 Å². The molecule has 0 bridgehead atoms. The number of amides is 1. The van der Waals surface area contributed by atoms with Gasteiger partial charge < -0.3 is 15.4 Å². The van der Waals surface area contributed by atoms with Crippen LogP contribution in [-0.2, 0) is 9.53 Å². The fourth-order valence-corrected chi connectivity index (χ4v) is 2.49. The molecule has 0 unspecified atom stereocenters. The van der Waals surface area contributed by atoms with Crippen molar-refractivity contribution in [2.24, 2.45) is 11.7 Å². The number of nitrogens with zero attached hydrogens (tertiary/aromatic N) is 1. The molecule has 4 nitrogen and oxygen atoms in total. The lowest BCUT2D eigenvalue weighted by molar-refractivity contribution is -0.133. The first kappa shape index (κ1) is 14.5. The maximum Gasteiger partial charge on any atom is 0.222 e. The molecule has 0 spiro atoms. The van der Waals surface area contributed by atoms with E-state index >= 15 is 0 Å². The van der Waals surface area contributed by atoms with Crippen LogP contribution in [-0.4, -0.2) is 44.2 Å². The molecule has 0 aromatic heterocycles. The van der Waals surface area contributed by atoms with Gasteiger partial charge in [0.25, 0.3) is 0 Å². The average Bonchev–Trinajstić information content (AvgIpc) is 2.35. The number of hydrogen-bond donors (Lipinski definition) is 1. The average molecular weight is 242 g/mol. The van der Waals surface area contributed by atoms with Crippen LogP contribution in [0.25, 0.3) is 0 Å². The number of nitrogens with two attached hydrogens (primary N) is 1. The molecule has 4 heteroatoms. The van der Waals surface area contributed by atoms with Gasteiger partial charge in [0.2, 0.25) is 5.91 Å². The van der Waals surface area contributed by atoms with E-state index in [9.17, 15) is 4.79 Å². The standard InChI is InChI=1S/C13H26N2O2/c1-17-10-9-15(8-7-14)13(16)11-12-5-3-2-4-6-12/h12H,2-11,14H2,1H3. The first-order valence-electron chi connectivity index (χ1n) is 6.74. The third kappa shape index (κ3) is 5.50. The van der Waals surface area contributed by atoms with Crippen LogP contribution in [0.2, 0.25) is 0 Å². The summed E-state index contributed by atoms with van der Waals surface area (Å²) in [6.45, 7) is 2.44. The highest BCUT2D eigenvalue weighted by atomic mass is 16.5. The van der Waals surface area contributed by atoms with Gasteiger partial charge in [0.15, 0.2) is 0 Å². The van der Waals surface area contributed by atoms with E-state index in [4.69, 9.17) is 10.5 Å². The van der Waals surface area contributed by atoms with Crippen LogP contribution in [0.5, 0.6) is 0 Å². The Morgan fingerprint density at radius 3 is 2.59 bits per heavy atom. The third-order valence-electron chi connectivity index (χ3n) is 3.51. The zero-order valence-corrected chi connectivity index (χ0v) is 11.0. The van der Waals surface area contributed by atoms with Crippen molar-refractivity contribution in [3.8, 4) is 0 Å². The fraction of sp³-hybridized carbons (Fsp3) is 0.923. The Kier molecular flexibility index (Phi) is 7.21. The van der Waals surface area contributed by atoms with Crippen LogP contribution in [0, 0.1) is 5.92 Å². The molecule has 1 fully saturated rings. The van der Waals surface area contributed by atoms with Gasteiger partial charge in [-0.3, -0.25) is 4.79 Å². The van der Waals surface area contributed by atoms with E-state index < -0.39 is 0 Å². The number of carbonyl (C=O) groups is 1. The highest BCUT2D eigenvalue weighted by molar-refractivity contribution is 5.76. The third-order valence-corrected chi connectivity index (χ3v) is 3.51. The van der Waals surface area contributed by atoms with Crippen LogP contribution in [0.4, 0.5) is 0 Å². The van der Waals surface area contributed by atoms with E-state index in [1.165, 1.54) is 32.1 Å². The normalized spacial score (nSPS) is 17.1. The van der Waals surface area contributed by atoms with Crippen molar-refractivity contribution in [2.45, 2.75) is 38.5 Å². The highest BCUT2D eigenvalue weighted by Gasteiger charge is 2.20. The Hall–Kier alpha value is -0.610. The number of methoxy groups -OCH3 is 1. The van der Waals surface area contributed by atoms with Crippen molar-refractivity contribution < 1.29 is 9.53 Å². The van der Waals surface area contributed by atoms with Crippen molar-refractivity contribution in [1.82, 2.24) is 4.90 Å². The van der Waals surface area contributed by atoms with E-state index in [0.717, 1.165) is 0 Å². The van der Waals surface area contributed by atoms with E-state index in [-0.39, 0.29) is 5.91 Å². The Labute approximate surface area is 104 Å². The lowest BCUT2D eigenvalue weighted by Crippen LogP contribution is -2.38. The molecule has 1 aliphatic rings. The monoisotopic (exact) mass is 242 g/mol. The molecule has 0 heterocycles. The van der Waals surface area contributed by atoms with Gasteiger partial charge in [-0.15, -0.1) is 0 Å². The molecule has 1 saturated carbocycles. The second-order valence-electron chi connectivity index (χ2n) is 4.87. The molecule has 1 rings (SSSR count). The maximum absolute atomic E-state index is 12.1. The maximum atomic E-state index is 12.1. The van der Waals surface area contributed by atoms with Gasteiger partial charge in [-0.05, 0) is 18.8 Å². The van der Waals surface area contributed by atoms with Gasteiger partial charge in [-0.2, -0.15) is 0 Å². The summed E-state index contributed by atoms with van der Waals surface area (Å²) in [5.41, 5.74) is 5.54. The van der Waals surface area contributed by atoms with Gasteiger partial charge in [0.1, 0.15) is 0 Å². The predicted molar refractivity (Wildman–Crippen MR) is 68.7 cm³/mol. The van der Waals surface area contributed by atoms with Crippen molar-refractivity contribution in [3.63, 3.8) is 0 Å². The Balaban J connectivity index is 2.34. The zero-order chi connectivity index (χ0) is 12.5. The van der Waals surface area contributed by atoms with Crippen LogP contribution < -0.4 is 5.73 Å². The predicted octanol–water partition coefficient (Wildman–Crippen LogP) is 1.39. The summed E-state index contributed by atoms with van der Waals surface area (Å²) in [6.07, 6.45) is 7.03. The topological polar surface area (TPSA) is 55.6 Å². The molecule has 0 saturated heterocycles. The van der Waals surface area contributed by atoms with E-state index in [1.807, 2.05) is 4.90 Å². The first-order valence-corrected chi connectivity index (χ1v) is 6.74. The van der Waals surface area contributed by atoms with E-state index in [2.05, 4.69) is 0 Å². The molecule has 0 aromatic rings. The number of ether oxygens (including phenoxy) is 1.